The number of hydrogen-bond acceptors (Lipinski definition) is 2. The van der Waals surface area contributed by atoms with E-state index in [-0.39, 0.29) is 6.10 Å². The van der Waals surface area contributed by atoms with E-state index in [0.29, 0.717) is 0 Å². The lowest BCUT2D eigenvalue weighted by molar-refractivity contribution is 0.252. The highest BCUT2D eigenvalue weighted by Crippen LogP contribution is 2.46. The van der Waals surface area contributed by atoms with E-state index < -0.39 is 0 Å². The highest BCUT2D eigenvalue weighted by molar-refractivity contribution is 6.06. The Hall–Kier alpha value is -7.29. The molecule has 56 heavy (non-hydrogen) atoms. The summed E-state index contributed by atoms with van der Waals surface area (Å²) < 4.78 is 6.85. The number of hydrogen-bond donors (Lipinski definition) is 0. The Labute approximate surface area is 327 Å². The summed E-state index contributed by atoms with van der Waals surface area (Å²) in [4.78, 5) is 5.19. The summed E-state index contributed by atoms with van der Waals surface area (Å²) in [6.45, 7) is 0. The second kappa shape index (κ2) is 14.5. The van der Waals surface area contributed by atoms with Crippen molar-refractivity contribution < 1.29 is 4.74 Å². The fourth-order valence-corrected chi connectivity index (χ4v) is 8.04. The summed E-state index contributed by atoms with van der Waals surface area (Å²) in [5.74, 6) is 0.880. The fourth-order valence-electron chi connectivity index (χ4n) is 8.04. The van der Waals surface area contributed by atoms with Crippen molar-refractivity contribution in [3.8, 4) is 72.8 Å². The van der Waals surface area contributed by atoms with Gasteiger partial charge in [0.05, 0.1) is 11.4 Å². The lowest BCUT2D eigenvalue weighted by Crippen LogP contribution is -2.10. The molecule has 1 aliphatic rings. The summed E-state index contributed by atoms with van der Waals surface area (Å²) in [5, 5.41) is 2.41. The maximum absolute atomic E-state index is 6.85. The van der Waals surface area contributed by atoms with Crippen LogP contribution in [0.5, 0.6) is 5.75 Å². The van der Waals surface area contributed by atoms with Crippen molar-refractivity contribution in [1.29, 1.82) is 0 Å². The Morgan fingerprint density at radius 3 is 1.71 bits per heavy atom. The maximum atomic E-state index is 6.85. The molecule has 1 unspecified atom stereocenters. The molecule has 0 bridgehead atoms. The van der Waals surface area contributed by atoms with Crippen LogP contribution in [-0.4, -0.2) is 4.98 Å². The van der Waals surface area contributed by atoms with Crippen LogP contribution in [0.15, 0.2) is 212 Å². The largest absolute Gasteiger partial charge is 0.481 e. The first-order valence-electron chi connectivity index (χ1n) is 19.1. The Kier molecular flexibility index (Phi) is 8.62. The Morgan fingerprint density at radius 2 is 0.964 bits per heavy atom. The second-order valence-electron chi connectivity index (χ2n) is 14.2. The zero-order valence-electron chi connectivity index (χ0n) is 30.7. The molecule has 0 radical (unpaired) electrons. The minimum absolute atomic E-state index is 0.204. The molecule has 0 N–H and O–H groups in total. The van der Waals surface area contributed by atoms with E-state index in [2.05, 4.69) is 212 Å². The van der Waals surface area contributed by atoms with Crippen molar-refractivity contribution in [1.82, 2.24) is 4.98 Å². The predicted octanol–water partition coefficient (Wildman–Crippen LogP) is 14.4. The first-order chi connectivity index (χ1) is 27.8. The van der Waals surface area contributed by atoms with Gasteiger partial charge in [-0.15, -0.1) is 0 Å². The monoisotopic (exact) mass is 715 g/mol. The summed E-state index contributed by atoms with van der Waals surface area (Å²) in [7, 11) is 0. The van der Waals surface area contributed by atoms with Crippen molar-refractivity contribution in [2.24, 2.45) is 0 Å². The third-order valence-corrected chi connectivity index (χ3v) is 10.8. The molecule has 10 rings (SSSR count). The van der Waals surface area contributed by atoms with Crippen LogP contribution in [0.3, 0.4) is 0 Å². The molecule has 264 valence electrons. The van der Waals surface area contributed by atoms with Crippen LogP contribution in [0, 0.1) is 0 Å². The van der Waals surface area contributed by atoms with E-state index in [1.807, 2.05) is 6.07 Å². The van der Waals surface area contributed by atoms with Gasteiger partial charge in [-0.1, -0.05) is 194 Å². The molecule has 0 aliphatic carbocycles. The van der Waals surface area contributed by atoms with Crippen LogP contribution in [-0.2, 0) is 0 Å². The van der Waals surface area contributed by atoms with Gasteiger partial charge in [-0.05, 0) is 79.6 Å². The van der Waals surface area contributed by atoms with Crippen molar-refractivity contribution >= 4 is 16.8 Å². The minimum Gasteiger partial charge on any atom is -0.481 e. The van der Waals surface area contributed by atoms with Crippen molar-refractivity contribution in [3.05, 3.63) is 223 Å². The van der Waals surface area contributed by atoms with Gasteiger partial charge in [0.1, 0.15) is 11.9 Å². The molecule has 0 saturated heterocycles. The van der Waals surface area contributed by atoms with Gasteiger partial charge < -0.3 is 4.74 Å². The molecule has 1 aliphatic heterocycles. The molecule has 0 spiro atoms. The molecule has 0 amide bonds. The standard InChI is InChI=1S/C54H37NO/c1-4-15-37(16-5-1)43-35-50(41-20-8-3-9-21-41)55-51(36-43)42-29-27-40(28-30-42)46-32-31-39-19-10-11-23-45(39)54(46)49-25-14-26-52-48(49)33-34-53(56-52)47-24-13-12-22-44(47)38-17-6-2-7-18-38/h1-36,53H. The fraction of sp³-hybridized carbons (Fsp3) is 0.0185. The van der Waals surface area contributed by atoms with Gasteiger partial charge in [0.15, 0.2) is 0 Å². The summed E-state index contributed by atoms with van der Waals surface area (Å²) in [6.07, 6.45) is 4.25. The molecule has 2 nitrogen and oxygen atoms in total. The van der Waals surface area contributed by atoms with E-state index in [4.69, 9.17) is 9.72 Å². The Balaban J connectivity index is 1.05. The van der Waals surface area contributed by atoms with Gasteiger partial charge in [0.25, 0.3) is 0 Å². The smallest absolute Gasteiger partial charge is 0.143 e. The van der Waals surface area contributed by atoms with Crippen LogP contribution in [0.1, 0.15) is 17.2 Å². The summed E-state index contributed by atoms with van der Waals surface area (Å²) in [6, 6.07) is 73.0. The van der Waals surface area contributed by atoms with Crippen LogP contribution < -0.4 is 4.74 Å². The second-order valence-corrected chi connectivity index (χ2v) is 14.2. The average molecular weight is 716 g/mol. The number of aromatic nitrogens is 1. The third-order valence-electron chi connectivity index (χ3n) is 10.8. The average Bonchev–Trinajstić information content (AvgIpc) is 3.29. The molecule has 1 aromatic heterocycles. The van der Waals surface area contributed by atoms with Gasteiger partial charge in [0.2, 0.25) is 0 Å². The Morgan fingerprint density at radius 1 is 0.393 bits per heavy atom. The van der Waals surface area contributed by atoms with Crippen molar-refractivity contribution in [3.63, 3.8) is 0 Å². The lowest BCUT2D eigenvalue weighted by Gasteiger charge is -2.26. The zero-order valence-corrected chi connectivity index (χ0v) is 30.7. The molecule has 2 heteroatoms. The Bertz CT molecular complexity index is 2800. The van der Waals surface area contributed by atoms with Crippen molar-refractivity contribution in [2.75, 3.05) is 0 Å². The van der Waals surface area contributed by atoms with Gasteiger partial charge in [0, 0.05) is 22.3 Å². The molecule has 8 aromatic carbocycles. The minimum atomic E-state index is -0.204. The lowest BCUT2D eigenvalue weighted by atomic mass is 9.86. The molecular weight excluding hydrogens is 679 g/mol. The maximum Gasteiger partial charge on any atom is 0.143 e. The first-order valence-corrected chi connectivity index (χ1v) is 19.1. The van der Waals surface area contributed by atoms with Gasteiger partial charge in [-0.3, -0.25) is 0 Å². The zero-order chi connectivity index (χ0) is 37.3. The molecule has 9 aromatic rings. The third kappa shape index (κ3) is 6.28. The van der Waals surface area contributed by atoms with E-state index in [1.165, 1.54) is 38.6 Å². The molecule has 2 heterocycles. The topological polar surface area (TPSA) is 22.1 Å². The molecular formula is C54H37NO. The van der Waals surface area contributed by atoms with Gasteiger partial charge in [-0.2, -0.15) is 0 Å². The van der Waals surface area contributed by atoms with Crippen LogP contribution in [0.25, 0.3) is 83.9 Å². The number of pyridine rings is 1. The molecule has 0 saturated carbocycles. The van der Waals surface area contributed by atoms with Gasteiger partial charge in [-0.25, -0.2) is 4.98 Å². The van der Waals surface area contributed by atoms with E-state index >= 15 is 0 Å². The predicted molar refractivity (Wildman–Crippen MR) is 233 cm³/mol. The van der Waals surface area contributed by atoms with Crippen LogP contribution >= 0.6 is 0 Å². The number of rotatable bonds is 7. The molecule has 1 atom stereocenters. The highest BCUT2D eigenvalue weighted by Gasteiger charge is 2.24. The normalized spacial score (nSPS) is 13.2. The summed E-state index contributed by atoms with van der Waals surface area (Å²) >= 11 is 0. The number of fused-ring (bicyclic) bond motifs is 2. The number of nitrogens with zero attached hydrogens (tertiary/aromatic N) is 1. The quantitative estimate of drug-likeness (QED) is 0.164. The first kappa shape index (κ1) is 33.3. The number of benzene rings is 8. The van der Waals surface area contributed by atoms with Crippen molar-refractivity contribution in [2.45, 2.75) is 6.10 Å². The molecule has 0 fully saturated rings. The number of ether oxygens (including phenoxy) is 1. The van der Waals surface area contributed by atoms with Crippen LogP contribution in [0.4, 0.5) is 0 Å². The summed E-state index contributed by atoms with van der Waals surface area (Å²) in [5.41, 5.74) is 15.6. The SMILES string of the molecule is C1=CC(c2ccccc2-c2ccccc2)Oc2cccc(-c3c(-c4ccc(-c5cc(-c6ccccc6)cc(-c6ccccc6)n5)cc4)ccc4ccccc34)c21. The van der Waals surface area contributed by atoms with E-state index in [1.54, 1.807) is 0 Å². The highest BCUT2D eigenvalue weighted by atomic mass is 16.5. The van der Waals surface area contributed by atoms with Crippen LogP contribution in [0.2, 0.25) is 0 Å². The van der Waals surface area contributed by atoms with E-state index in [0.717, 1.165) is 56.1 Å². The van der Waals surface area contributed by atoms with E-state index in [9.17, 15) is 0 Å². The van der Waals surface area contributed by atoms with Gasteiger partial charge >= 0.3 is 0 Å².